The fraction of sp³-hybridized carbons (Fsp3) is 0.409. The molecule has 6 nitrogen and oxygen atoms in total. The van der Waals surface area contributed by atoms with E-state index in [4.69, 9.17) is 9.05 Å². The number of hydrogen-bond donors (Lipinski definition) is 2. The van der Waals surface area contributed by atoms with Gasteiger partial charge < -0.3 is 19.7 Å². The van der Waals surface area contributed by atoms with E-state index in [1.165, 1.54) is 0 Å². The zero-order chi connectivity index (χ0) is 21.5. The molecule has 2 aromatic rings. The first-order valence-electron chi connectivity index (χ1n) is 9.81. The van der Waals surface area contributed by atoms with E-state index in [-0.39, 0.29) is 17.6 Å². The van der Waals surface area contributed by atoms with Crippen molar-refractivity contribution in [3.63, 3.8) is 0 Å². The maximum absolute atomic E-state index is 12.6. The number of carbonyl (C=O) groups is 1. The van der Waals surface area contributed by atoms with Crippen molar-refractivity contribution in [1.82, 2.24) is 0 Å². The Kier molecular flexibility index (Phi) is 8.03. The average Bonchev–Trinajstić information content (AvgIpc) is 2.63. The monoisotopic (exact) mass is 418 g/mol. The Morgan fingerprint density at radius 3 is 2.07 bits per heavy atom. The third kappa shape index (κ3) is 7.00. The summed E-state index contributed by atoms with van der Waals surface area (Å²) < 4.78 is 23.3. The van der Waals surface area contributed by atoms with Gasteiger partial charge in [0.05, 0.1) is 19.4 Å². The van der Waals surface area contributed by atoms with Crippen LogP contribution in [-0.2, 0) is 25.2 Å². The molecule has 0 saturated carbocycles. The topological polar surface area (TPSA) is 76.7 Å². The first-order valence-corrected chi connectivity index (χ1v) is 11.5. The quantitative estimate of drug-likeness (QED) is 0.487. The summed E-state index contributed by atoms with van der Waals surface area (Å²) in [6.07, 6.45) is 0.195. The van der Waals surface area contributed by atoms with Crippen molar-refractivity contribution in [1.29, 1.82) is 0 Å². The van der Waals surface area contributed by atoms with Gasteiger partial charge in [-0.15, -0.1) is 0 Å². The Hall–Kier alpha value is -2.14. The standard InChI is InChI=1S/C22H31N2O4P/c1-6-27-29(26,28-7-2)16-17-12-14-18(15-13-17)23-21(25)24-20-11-9-8-10-19(20)22(3,4)5/h8-15H,6-7,16H2,1-5H3,(H2,23,24,25). The summed E-state index contributed by atoms with van der Waals surface area (Å²) in [5.74, 6) is 0. The molecule has 0 saturated heterocycles. The summed E-state index contributed by atoms with van der Waals surface area (Å²) in [6, 6.07) is 14.6. The van der Waals surface area contributed by atoms with E-state index in [0.29, 0.717) is 18.9 Å². The Bertz CT molecular complexity index is 850. The molecule has 0 spiro atoms. The van der Waals surface area contributed by atoms with Crippen LogP contribution in [0.1, 0.15) is 45.7 Å². The van der Waals surface area contributed by atoms with Gasteiger partial charge in [0.1, 0.15) is 0 Å². The molecule has 7 heteroatoms. The van der Waals surface area contributed by atoms with E-state index in [1.54, 1.807) is 26.0 Å². The minimum absolute atomic E-state index is 0.0828. The lowest BCUT2D eigenvalue weighted by molar-refractivity contribution is 0.219. The number of rotatable bonds is 8. The molecule has 158 valence electrons. The van der Waals surface area contributed by atoms with Gasteiger partial charge in [-0.1, -0.05) is 51.1 Å². The Morgan fingerprint density at radius 2 is 1.52 bits per heavy atom. The molecule has 0 radical (unpaired) electrons. The van der Waals surface area contributed by atoms with Gasteiger partial charge in [-0.3, -0.25) is 4.57 Å². The fourth-order valence-electron chi connectivity index (χ4n) is 2.97. The molecule has 0 fully saturated rings. The van der Waals surface area contributed by atoms with E-state index in [1.807, 2.05) is 36.4 Å². The smallest absolute Gasteiger partial charge is 0.309 e. The van der Waals surface area contributed by atoms with E-state index in [2.05, 4.69) is 31.4 Å². The zero-order valence-corrected chi connectivity index (χ0v) is 18.7. The first kappa shape index (κ1) is 23.1. The number of carbonyl (C=O) groups excluding carboxylic acids is 1. The number of urea groups is 1. The zero-order valence-electron chi connectivity index (χ0n) is 17.8. The lowest BCUT2D eigenvalue weighted by Gasteiger charge is -2.23. The highest BCUT2D eigenvalue weighted by molar-refractivity contribution is 7.53. The van der Waals surface area contributed by atoms with Gasteiger partial charge in [-0.2, -0.15) is 0 Å². The molecule has 0 aliphatic rings. The summed E-state index contributed by atoms with van der Waals surface area (Å²) in [5, 5.41) is 5.75. The van der Waals surface area contributed by atoms with Crippen LogP contribution in [0.2, 0.25) is 0 Å². The van der Waals surface area contributed by atoms with Crippen LogP contribution < -0.4 is 10.6 Å². The summed E-state index contributed by atoms with van der Waals surface area (Å²) in [7, 11) is -3.15. The highest BCUT2D eigenvalue weighted by atomic mass is 31.2. The average molecular weight is 418 g/mol. The molecule has 2 amide bonds. The largest absolute Gasteiger partial charge is 0.335 e. The molecule has 0 aromatic heterocycles. The predicted molar refractivity (Wildman–Crippen MR) is 119 cm³/mol. The van der Waals surface area contributed by atoms with Crippen LogP contribution in [0.25, 0.3) is 0 Å². The predicted octanol–water partition coefficient (Wildman–Crippen LogP) is 6.39. The number of nitrogens with one attached hydrogen (secondary N) is 2. The van der Waals surface area contributed by atoms with Crippen molar-refractivity contribution in [3.8, 4) is 0 Å². The van der Waals surface area contributed by atoms with Gasteiger partial charge >= 0.3 is 13.6 Å². The third-order valence-corrected chi connectivity index (χ3v) is 6.28. The summed E-state index contributed by atoms with van der Waals surface area (Å²) in [6.45, 7) is 10.5. The van der Waals surface area contributed by atoms with Crippen LogP contribution in [0.15, 0.2) is 48.5 Å². The lowest BCUT2D eigenvalue weighted by Crippen LogP contribution is -2.22. The molecule has 0 unspecified atom stereocenters. The maximum Gasteiger partial charge on any atom is 0.335 e. The molecule has 0 aliphatic heterocycles. The second kappa shape index (κ2) is 10.1. The van der Waals surface area contributed by atoms with Gasteiger partial charge in [0.25, 0.3) is 0 Å². The molecule has 2 rings (SSSR count). The van der Waals surface area contributed by atoms with Crippen molar-refractivity contribution in [3.05, 3.63) is 59.7 Å². The maximum atomic E-state index is 12.6. The van der Waals surface area contributed by atoms with E-state index >= 15 is 0 Å². The first-order chi connectivity index (χ1) is 13.7. The minimum atomic E-state index is -3.15. The van der Waals surface area contributed by atoms with Crippen LogP contribution in [0, 0.1) is 0 Å². The van der Waals surface area contributed by atoms with Gasteiger partial charge in [0.2, 0.25) is 0 Å². The van der Waals surface area contributed by atoms with E-state index in [9.17, 15) is 9.36 Å². The van der Waals surface area contributed by atoms with Gasteiger partial charge in [-0.05, 0) is 48.6 Å². The van der Waals surface area contributed by atoms with Crippen LogP contribution >= 0.6 is 7.60 Å². The lowest BCUT2D eigenvalue weighted by atomic mass is 9.86. The molecular weight excluding hydrogens is 387 g/mol. The highest BCUT2D eigenvalue weighted by Crippen LogP contribution is 2.51. The second-order valence-corrected chi connectivity index (χ2v) is 9.73. The van der Waals surface area contributed by atoms with Gasteiger partial charge in [0.15, 0.2) is 0 Å². The highest BCUT2D eigenvalue weighted by Gasteiger charge is 2.24. The van der Waals surface area contributed by atoms with Crippen molar-refractivity contribution in [2.45, 2.75) is 46.2 Å². The number of anilines is 2. The molecule has 2 N–H and O–H groups in total. The molecular formula is C22H31N2O4P. The van der Waals surface area contributed by atoms with Crippen molar-refractivity contribution in [2.75, 3.05) is 23.8 Å². The van der Waals surface area contributed by atoms with Crippen LogP contribution in [0.3, 0.4) is 0 Å². The Balaban J connectivity index is 2.03. The number of benzene rings is 2. The normalized spacial score (nSPS) is 11.9. The Labute approximate surface area is 173 Å². The molecule has 0 atom stereocenters. The molecule has 0 heterocycles. The Morgan fingerprint density at radius 1 is 0.931 bits per heavy atom. The molecule has 29 heavy (non-hydrogen) atoms. The van der Waals surface area contributed by atoms with Crippen molar-refractivity contribution in [2.24, 2.45) is 0 Å². The number of hydrogen-bond acceptors (Lipinski definition) is 4. The molecule has 0 bridgehead atoms. The third-order valence-electron chi connectivity index (χ3n) is 4.22. The molecule has 0 aliphatic carbocycles. The van der Waals surface area contributed by atoms with Crippen molar-refractivity contribution >= 4 is 25.0 Å². The molecule has 2 aromatic carbocycles. The second-order valence-electron chi connectivity index (χ2n) is 7.68. The van der Waals surface area contributed by atoms with Crippen LogP contribution in [0.5, 0.6) is 0 Å². The summed E-state index contributed by atoms with van der Waals surface area (Å²) >= 11 is 0. The van der Waals surface area contributed by atoms with Crippen LogP contribution in [0.4, 0.5) is 16.2 Å². The van der Waals surface area contributed by atoms with E-state index in [0.717, 1.165) is 16.8 Å². The van der Waals surface area contributed by atoms with Gasteiger partial charge in [0, 0.05) is 11.4 Å². The summed E-state index contributed by atoms with van der Waals surface area (Å²) in [5.41, 5.74) is 3.22. The van der Waals surface area contributed by atoms with Crippen molar-refractivity contribution < 1.29 is 18.4 Å². The van der Waals surface area contributed by atoms with E-state index < -0.39 is 7.60 Å². The van der Waals surface area contributed by atoms with Crippen LogP contribution in [-0.4, -0.2) is 19.2 Å². The van der Waals surface area contributed by atoms with Gasteiger partial charge in [-0.25, -0.2) is 4.79 Å². The SMILES string of the molecule is CCOP(=O)(Cc1ccc(NC(=O)Nc2ccccc2C(C)(C)C)cc1)OCC. The fourth-order valence-corrected chi connectivity index (χ4v) is 4.67. The number of amides is 2. The minimum Gasteiger partial charge on any atom is -0.309 e. The summed E-state index contributed by atoms with van der Waals surface area (Å²) in [4.78, 5) is 12.4. The number of para-hydroxylation sites is 1.